The minimum atomic E-state index is -0.421. The number of thioether (sulfide) groups is 1. The topological polar surface area (TPSA) is 64.1 Å². The van der Waals surface area contributed by atoms with Gasteiger partial charge in [0, 0.05) is 11.9 Å². The molecule has 0 spiro atoms. The monoisotopic (exact) mass is 373 g/mol. The first-order valence-electron chi connectivity index (χ1n) is 9.12. The molecule has 5 nitrogen and oxygen atoms in total. The van der Waals surface area contributed by atoms with Crippen molar-refractivity contribution in [1.29, 1.82) is 0 Å². The number of hydrogen-bond acceptors (Lipinski definition) is 6. The summed E-state index contributed by atoms with van der Waals surface area (Å²) in [5.41, 5.74) is 2.55. The van der Waals surface area contributed by atoms with Crippen LogP contribution in [0.15, 0.2) is 35.6 Å². The van der Waals surface area contributed by atoms with Gasteiger partial charge >= 0.3 is 5.97 Å². The third-order valence-electron chi connectivity index (χ3n) is 3.98. The van der Waals surface area contributed by atoms with Crippen LogP contribution in [0.3, 0.4) is 0 Å². The summed E-state index contributed by atoms with van der Waals surface area (Å²) in [5, 5.41) is 3.83. The smallest absolute Gasteiger partial charge is 0.343 e. The van der Waals surface area contributed by atoms with E-state index in [2.05, 4.69) is 34.3 Å². The van der Waals surface area contributed by atoms with Crippen LogP contribution in [0.1, 0.15) is 55.5 Å². The standard InChI is InChI=1S/C20H27N3O2S/c1-4-6-7-8-9-15-10-12-16(13-11-15)22-18-17(19(24)25-5-2)14-21-20(23-18)26-3/h10-14H,4-9H2,1-3H3,(H,21,22,23). The molecule has 0 bridgehead atoms. The molecule has 1 aromatic carbocycles. The lowest BCUT2D eigenvalue weighted by atomic mass is 10.1. The Kier molecular flexibility index (Phi) is 8.41. The van der Waals surface area contributed by atoms with E-state index in [1.165, 1.54) is 49.2 Å². The van der Waals surface area contributed by atoms with E-state index in [1.807, 2.05) is 18.4 Å². The fourth-order valence-corrected chi connectivity index (χ4v) is 2.91. The van der Waals surface area contributed by atoms with E-state index in [-0.39, 0.29) is 0 Å². The van der Waals surface area contributed by atoms with Crippen molar-refractivity contribution >= 4 is 29.2 Å². The molecule has 0 saturated carbocycles. The average Bonchev–Trinajstić information content (AvgIpc) is 2.66. The number of esters is 1. The third-order valence-corrected chi connectivity index (χ3v) is 4.54. The molecule has 0 atom stereocenters. The van der Waals surface area contributed by atoms with Crippen LogP contribution in [-0.2, 0) is 11.2 Å². The van der Waals surface area contributed by atoms with Crippen molar-refractivity contribution in [1.82, 2.24) is 9.97 Å². The fourth-order valence-electron chi connectivity index (χ4n) is 2.56. The molecule has 1 N–H and O–H groups in total. The summed E-state index contributed by atoms with van der Waals surface area (Å²) in [6.07, 6.45) is 9.55. The maximum absolute atomic E-state index is 12.1. The lowest BCUT2D eigenvalue weighted by Gasteiger charge is -2.11. The van der Waals surface area contributed by atoms with Crippen LogP contribution in [0.4, 0.5) is 11.5 Å². The molecule has 0 radical (unpaired) electrons. The van der Waals surface area contributed by atoms with Crippen LogP contribution >= 0.6 is 11.8 Å². The molecule has 0 aliphatic rings. The number of ether oxygens (including phenoxy) is 1. The first-order valence-corrected chi connectivity index (χ1v) is 10.3. The number of unbranched alkanes of at least 4 members (excludes halogenated alkanes) is 3. The summed E-state index contributed by atoms with van der Waals surface area (Å²) in [6.45, 7) is 4.32. The second-order valence-corrected chi connectivity index (χ2v) is 6.75. The number of rotatable bonds is 10. The lowest BCUT2D eigenvalue weighted by Crippen LogP contribution is -2.10. The van der Waals surface area contributed by atoms with Gasteiger partial charge in [-0.25, -0.2) is 14.8 Å². The second-order valence-electron chi connectivity index (χ2n) is 5.97. The SMILES string of the molecule is CCCCCCc1ccc(Nc2nc(SC)ncc2C(=O)OCC)cc1. The van der Waals surface area contributed by atoms with Crippen LogP contribution in [0.2, 0.25) is 0 Å². The maximum Gasteiger partial charge on any atom is 0.343 e. The number of nitrogens with one attached hydrogen (secondary N) is 1. The Hall–Kier alpha value is -2.08. The number of nitrogens with zero attached hydrogens (tertiary/aromatic N) is 2. The van der Waals surface area contributed by atoms with Gasteiger partial charge in [0.2, 0.25) is 0 Å². The number of aromatic nitrogens is 2. The summed E-state index contributed by atoms with van der Waals surface area (Å²) in [6, 6.07) is 8.28. The number of hydrogen-bond donors (Lipinski definition) is 1. The normalized spacial score (nSPS) is 10.6. The van der Waals surface area contributed by atoms with E-state index >= 15 is 0 Å². The van der Waals surface area contributed by atoms with Gasteiger partial charge in [-0.05, 0) is 43.7 Å². The molecule has 0 unspecified atom stereocenters. The van der Waals surface area contributed by atoms with E-state index in [0.717, 1.165) is 12.1 Å². The Morgan fingerprint density at radius 2 is 1.92 bits per heavy atom. The molecule has 0 fully saturated rings. The summed E-state index contributed by atoms with van der Waals surface area (Å²) in [7, 11) is 0. The van der Waals surface area contributed by atoms with Gasteiger partial charge in [0.1, 0.15) is 11.4 Å². The molecular formula is C20H27N3O2S. The van der Waals surface area contributed by atoms with Crippen molar-refractivity contribution in [3.8, 4) is 0 Å². The largest absolute Gasteiger partial charge is 0.462 e. The predicted molar refractivity (Wildman–Crippen MR) is 107 cm³/mol. The number of carbonyl (C=O) groups is 1. The molecule has 26 heavy (non-hydrogen) atoms. The minimum absolute atomic E-state index is 0.315. The van der Waals surface area contributed by atoms with Crippen LogP contribution in [0.25, 0.3) is 0 Å². The molecule has 2 rings (SSSR count). The van der Waals surface area contributed by atoms with E-state index in [9.17, 15) is 4.79 Å². The summed E-state index contributed by atoms with van der Waals surface area (Å²) in [5.74, 6) is 0.0497. The van der Waals surface area contributed by atoms with Crippen LogP contribution < -0.4 is 5.32 Å². The van der Waals surface area contributed by atoms with Gasteiger partial charge in [-0.3, -0.25) is 0 Å². The van der Waals surface area contributed by atoms with Crippen molar-refractivity contribution in [2.24, 2.45) is 0 Å². The zero-order chi connectivity index (χ0) is 18.8. The second kappa shape index (κ2) is 10.8. The minimum Gasteiger partial charge on any atom is -0.462 e. The predicted octanol–water partition coefficient (Wildman–Crippen LogP) is 5.24. The number of anilines is 2. The Labute approximate surface area is 160 Å². The van der Waals surface area contributed by atoms with Crippen molar-refractivity contribution in [2.75, 3.05) is 18.2 Å². The fraction of sp³-hybridized carbons (Fsp3) is 0.450. The maximum atomic E-state index is 12.1. The quantitative estimate of drug-likeness (QED) is 0.266. The molecule has 6 heteroatoms. The highest BCUT2D eigenvalue weighted by atomic mass is 32.2. The zero-order valence-corrected chi connectivity index (χ0v) is 16.6. The van der Waals surface area contributed by atoms with Gasteiger partial charge in [0.25, 0.3) is 0 Å². The molecule has 1 heterocycles. The third kappa shape index (κ3) is 6.02. The Morgan fingerprint density at radius 1 is 1.15 bits per heavy atom. The molecule has 0 saturated heterocycles. The number of aryl methyl sites for hydroxylation is 1. The Morgan fingerprint density at radius 3 is 2.58 bits per heavy atom. The van der Waals surface area contributed by atoms with Gasteiger partial charge in [-0.15, -0.1) is 0 Å². The summed E-state index contributed by atoms with van der Waals surface area (Å²) < 4.78 is 5.10. The lowest BCUT2D eigenvalue weighted by molar-refractivity contribution is 0.0526. The van der Waals surface area contributed by atoms with Crippen molar-refractivity contribution in [3.63, 3.8) is 0 Å². The van der Waals surface area contributed by atoms with Gasteiger partial charge in [-0.1, -0.05) is 50.1 Å². The van der Waals surface area contributed by atoms with Crippen LogP contribution in [0.5, 0.6) is 0 Å². The van der Waals surface area contributed by atoms with Crippen molar-refractivity contribution in [2.45, 2.75) is 51.1 Å². The summed E-state index contributed by atoms with van der Waals surface area (Å²) in [4.78, 5) is 20.7. The van der Waals surface area contributed by atoms with E-state index in [0.29, 0.717) is 23.1 Å². The molecule has 1 aromatic heterocycles. The average molecular weight is 374 g/mol. The van der Waals surface area contributed by atoms with Gasteiger partial charge in [0.15, 0.2) is 5.16 Å². The molecule has 2 aromatic rings. The van der Waals surface area contributed by atoms with Crippen LogP contribution in [0, 0.1) is 0 Å². The van der Waals surface area contributed by atoms with Gasteiger partial charge < -0.3 is 10.1 Å². The Balaban J connectivity index is 2.10. The molecule has 0 aliphatic carbocycles. The highest BCUT2D eigenvalue weighted by molar-refractivity contribution is 7.98. The Bertz CT molecular complexity index is 705. The molecule has 0 amide bonds. The highest BCUT2D eigenvalue weighted by Gasteiger charge is 2.16. The van der Waals surface area contributed by atoms with E-state index in [4.69, 9.17) is 4.74 Å². The van der Waals surface area contributed by atoms with Crippen LogP contribution in [-0.4, -0.2) is 28.8 Å². The first kappa shape index (κ1) is 20.2. The molecule has 0 aliphatic heterocycles. The molecule has 140 valence electrons. The van der Waals surface area contributed by atoms with E-state index < -0.39 is 5.97 Å². The molecular weight excluding hydrogens is 346 g/mol. The number of carbonyl (C=O) groups excluding carboxylic acids is 1. The highest BCUT2D eigenvalue weighted by Crippen LogP contribution is 2.22. The van der Waals surface area contributed by atoms with Crippen molar-refractivity contribution < 1.29 is 9.53 Å². The summed E-state index contributed by atoms with van der Waals surface area (Å²) >= 11 is 1.43. The zero-order valence-electron chi connectivity index (χ0n) is 15.7. The van der Waals surface area contributed by atoms with Gasteiger partial charge in [-0.2, -0.15) is 0 Å². The first-order chi connectivity index (χ1) is 12.7. The van der Waals surface area contributed by atoms with E-state index in [1.54, 1.807) is 6.92 Å². The van der Waals surface area contributed by atoms with Gasteiger partial charge in [0.05, 0.1) is 6.61 Å². The number of benzene rings is 1. The van der Waals surface area contributed by atoms with Crippen molar-refractivity contribution in [3.05, 3.63) is 41.6 Å².